The average Bonchev–Trinajstić information content (AvgIpc) is 2.58. The molecular formula is C21H23NO3. The number of phenolic OH excluding ortho intramolecular Hbond substituents is 1. The number of aromatic hydroxyl groups is 1. The Labute approximate surface area is 148 Å². The molecule has 1 atom stereocenters. The second-order valence-corrected chi connectivity index (χ2v) is 6.62. The lowest BCUT2D eigenvalue weighted by atomic mass is 9.94. The number of hydrogen-bond acceptors (Lipinski definition) is 4. The molecule has 0 aliphatic carbocycles. The van der Waals surface area contributed by atoms with Gasteiger partial charge >= 0.3 is 0 Å². The number of hydrogen-bond donors (Lipinski definition) is 1. The molecular weight excluding hydrogens is 314 g/mol. The second kappa shape index (κ2) is 7.11. The number of fused-ring (bicyclic) bond motifs is 1. The fraction of sp³-hybridized carbons (Fsp3) is 0.286. The third-order valence-electron chi connectivity index (χ3n) is 4.52. The Bertz CT molecular complexity index is 812. The second-order valence-electron chi connectivity index (χ2n) is 6.62. The predicted molar refractivity (Wildman–Crippen MR) is 98.6 cm³/mol. The Morgan fingerprint density at radius 3 is 2.60 bits per heavy atom. The number of phenols is 1. The van der Waals surface area contributed by atoms with Gasteiger partial charge in [0.05, 0.1) is 5.56 Å². The topological polar surface area (TPSA) is 49.8 Å². The summed E-state index contributed by atoms with van der Waals surface area (Å²) in [5, 5.41) is 10.8. The molecule has 0 radical (unpaired) electrons. The average molecular weight is 337 g/mol. The van der Waals surface area contributed by atoms with Gasteiger partial charge in [0.25, 0.3) is 0 Å². The molecule has 1 heterocycles. The van der Waals surface area contributed by atoms with E-state index in [4.69, 9.17) is 4.74 Å². The maximum atomic E-state index is 11.0. The molecule has 0 saturated heterocycles. The van der Waals surface area contributed by atoms with Crippen molar-refractivity contribution in [1.82, 2.24) is 4.90 Å². The quantitative estimate of drug-likeness (QED) is 0.845. The molecule has 0 fully saturated rings. The molecule has 4 heteroatoms. The van der Waals surface area contributed by atoms with E-state index in [0.29, 0.717) is 17.9 Å². The molecule has 2 aromatic rings. The van der Waals surface area contributed by atoms with Crippen LogP contribution in [0.4, 0.5) is 0 Å². The van der Waals surface area contributed by atoms with Crippen molar-refractivity contribution in [3.8, 4) is 11.5 Å². The molecule has 3 rings (SSSR count). The van der Waals surface area contributed by atoms with Gasteiger partial charge in [0.1, 0.15) is 11.5 Å². The predicted octanol–water partition coefficient (Wildman–Crippen LogP) is 3.70. The van der Waals surface area contributed by atoms with Crippen molar-refractivity contribution in [2.24, 2.45) is 0 Å². The van der Waals surface area contributed by atoms with Gasteiger partial charge in [-0.2, -0.15) is 0 Å². The van der Waals surface area contributed by atoms with Crippen LogP contribution in [-0.2, 0) is 17.9 Å². The van der Waals surface area contributed by atoms with Crippen LogP contribution in [0.15, 0.2) is 42.5 Å². The van der Waals surface area contributed by atoms with Crippen molar-refractivity contribution in [2.75, 3.05) is 7.05 Å². The maximum Gasteiger partial charge on any atom is 0.172 e. The van der Waals surface area contributed by atoms with E-state index < -0.39 is 6.10 Å². The summed E-state index contributed by atoms with van der Waals surface area (Å²) in [4.78, 5) is 13.2. The van der Waals surface area contributed by atoms with Crippen molar-refractivity contribution >= 4 is 11.9 Å². The van der Waals surface area contributed by atoms with Crippen LogP contribution in [0.1, 0.15) is 29.2 Å². The van der Waals surface area contributed by atoms with Gasteiger partial charge in [0, 0.05) is 18.7 Å². The SMILES string of the molecule is CC1=CC(C=O)Oc2cc(C)c(CN(C)Cc3ccccc3)c(O)c21. The number of aldehydes is 1. The van der Waals surface area contributed by atoms with Crippen LogP contribution in [0.2, 0.25) is 0 Å². The lowest BCUT2D eigenvalue weighted by Crippen LogP contribution is -2.21. The summed E-state index contributed by atoms with van der Waals surface area (Å²) in [6, 6.07) is 12.2. The first-order valence-corrected chi connectivity index (χ1v) is 8.38. The summed E-state index contributed by atoms with van der Waals surface area (Å²) in [6.45, 7) is 5.28. The minimum Gasteiger partial charge on any atom is -0.507 e. The third kappa shape index (κ3) is 3.59. The van der Waals surface area contributed by atoms with Crippen LogP contribution in [-0.4, -0.2) is 29.4 Å². The van der Waals surface area contributed by atoms with Crippen molar-refractivity contribution in [3.05, 3.63) is 64.7 Å². The number of carbonyl (C=O) groups excluding carboxylic acids is 1. The standard InChI is InChI=1S/C21H23NO3/c1-14-10-19-20(15(2)9-17(13-23)25-19)21(24)18(14)12-22(3)11-16-7-5-4-6-8-16/h4-10,13,17,24H,11-12H2,1-3H3. The van der Waals surface area contributed by atoms with E-state index in [1.807, 2.05) is 45.2 Å². The number of aryl methyl sites for hydroxylation is 1. The molecule has 0 aromatic heterocycles. The van der Waals surface area contributed by atoms with Gasteiger partial charge in [-0.1, -0.05) is 30.3 Å². The monoisotopic (exact) mass is 337 g/mol. The summed E-state index contributed by atoms with van der Waals surface area (Å²) in [5.41, 5.74) is 4.62. The van der Waals surface area contributed by atoms with Gasteiger partial charge in [-0.25, -0.2) is 0 Å². The Hall–Kier alpha value is -2.59. The fourth-order valence-electron chi connectivity index (χ4n) is 3.28. The highest BCUT2D eigenvalue weighted by molar-refractivity contribution is 5.81. The molecule has 1 unspecified atom stereocenters. The van der Waals surface area contributed by atoms with Crippen LogP contribution in [0, 0.1) is 6.92 Å². The minimum absolute atomic E-state index is 0.244. The normalized spacial score (nSPS) is 16.2. The van der Waals surface area contributed by atoms with E-state index in [1.165, 1.54) is 5.56 Å². The number of allylic oxidation sites excluding steroid dienone is 1. The van der Waals surface area contributed by atoms with E-state index in [1.54, 1.807) is 6.08 Å². The first kappa shape index (κ1) is 17.2. The minimum atomic E-state index is -0.585. The molecule has 0 bridgehead atoms. The fourth-order valence-corrected chi connectivity index (χ4v) is 3.28. The lowest BCUT2D eigenvalue weighted by Gasteiger charge is -2.26. The van der Waals surface area contributed by atoms with E-state index in [9.17, 15) is 9.90 Å². The van der Waals surface area contributed by atoms with Gasteiger partial charge in [-0.3, -0.25) is 9.69 Å². The molecule has 1 N–H and O–H groups in total. The van der Waals surface area contributed by atoms with Crippen molar-refractivity contribution in [2.45, 2.75) is 33.0 Å². The Balaban J connectivity index is 1.88. The first-order valence-electron chi connectivity index (χ1n) is 8.38. The molecule has 2 aromatic carbocycles. The zero-order valence-corrected chi connectivity index (χ0v) is 14.8. The summed E-state index contributed by atoms with van der Waals surface area (Å²) in [7, 11) is 2.03. The van der Waals surface area contributed by atoms with Gasteiger partial charge in [-0.05, 0) is 49.7 Å². The molecule has 4 nitrogen and oxygen atoms in total. The highest BCUT2D eigenvalue weighted by atomic mass is 16.5. The summed E-state index contributed by atoms with van der Waals surface area (Å²) >= 11 is 0. The largest absolute Gasteiger partial charge is 0.507 e. The maximum absolute atomic E-state index is 11.0. The van der Waals surface area contributed by atoms with Crippen molar-refractivity contribution in [1.29, 1.82) is 0 Å². The number of benzene rings is 2. The molecule has 25 heavy (non-hydrogen) atoms. The van der Waals surface area contributed by atoms with E-state index in [2.05, 4.69) is 17.0 Å². The Morgan fingerprint density at radius 2 is 1.92 bits per heavy atom. The van der Waals surface area contributed by atoms with Crippen LogP contribution < -0.4 is 4.74 Å². The lowest BCUT2D eigenvalue weighted by molar-refractivity contribution is -0.112. The Morgan fingerprint density at radius 1 is 1.20 bits per heavy atom. The van der Waals surface area contributed by atoms with Gasteiger partial charge in [0.2, 0.25) is 0 Å². The zero-order valence-electron chi connectivity index (χ0n) is 14.8. The third-order valence-corrected chi connectivity index (χ3v) is 4.52. The van der Waals surface area contributed by atoms with E-state index in [-0.39, 0.29) is 5.75 Å². The molecule has 0 amide bonds. The Kier molecular flexibility index (Phi) is 4.91. The molecule has 130 valence electrons. The zero-order chi connectivity index (χ0) is 18.0. The smallest absolute Gasteiger partial charge is 0.172 e. The van der Waals surface area contributed by atoms with E-state index in [0.717, 1.165) is 29.5 Å². The molecule has 1 aliphatic heterocycles. The molecule has 0 spiro atoms. The molecule has 0 saturated carbocycles. The van der Waals surface area contributed by atoms with Crippen molar-refractivity contribution < 1.29 is 14.6 Å². The van der Waals surface area contributed by atoms with Gasteiger partial charge in [0.15, 0.2) is 12.4 Å². The molecule has 1 aliphatic rings. The summed E-state index contributed by atoms with van der Waals surface area (Å²) < 4.78 is 5.65. The summed E-state index contributed by atoms with van der Waals surface area (Å²) in [5.74, 6) is 0.814. The summed E-state index contributed by atoms with van der Waals surface area (Å²) in [6.07, 6.45) is 1.92. The van der Waals surface area contributed by atoms with Crippen molar-refractivity contribution in [3.63, 3.8) is 0 Å². The van der Waals surface area contributed by atoms with Crippen LogP contribution in [0.3, 0.4) is 0 Å². The van der Waals surface area contributed by atoms with Crippen LogP contribution in [0.25, 0.3) is 5.57 Å². The van der Waals surface area contributed by atoms with Crippen LogP contribution in [0.5, 0.6) is 11.5 Å². The van der Waals surface area contributed by atoms with Gasteiger partial charge in [-0.15, -0.1) is 0 Å². The van der Waals surface area contributed by atoms with Gasteiger partial charge < -0.3 is 9.84 Å². The number of ether oxygens (including phenoxy) is 1. The number of carbonyl (C=O) groups is 1. The highest BCUT2D eigenvalue weighted by Gasteiger charge is 2.24. The van der Waals surface area contributed by atoms with Crippen LogP contribution >= 0.6 is 0 Å². The van der Waals surface area contributed by atoms with E-state index >= 15 is 0 Å². The first-order chi connectivity index (χ1) is 12.0. The highest BCUT2D eigenvalue weighted by Crippen LogP contribution is 2.42. The number of rotatable bonds is 5. The number of nitrogens with zero attached hydrogens (tertiary/aromatic N) is 1.